The average Bonchev–Trinajstić information content (AvgIpc) is 2.54. The number of ether oxygens (including phenoxy) is 1. The highest BCUT2D eigenvalue weighted by Gasteiger charge is 2.16. The van der Waals surface area contributed by atoms with E-state index in [0.29, 0.717) is 17.4 Å². The summed E-state index contributed by atoms with van der Waals surface area (Å²) in [5.74, 6) is 0.477. The topological polar surface area (TPSA) is 65.0 Å². The van der Waals surface area contributed by atoms with Crippen LogP contribution in [0.5, 0.6) is 5.75 Å². The van der Waals surface area contributed by atoms with E-state index in [1.165, 1.54) is 0 Å². The Balaban J connectivity index is 1.61. The number of halogens is 1. The van der Waals surface area contributed by atoms with Crippen molar-refractivity contribution in [1.82, 2.24) is 15.1 Å². The molecule has 1 aromatic rings. The van der Waals surface area contributed by atoms with Gasteiger partial charge in [-0.3, -0.25) is 14.6 Å². The Hall–Kier alpha value is -1.34. The van der Waals surface area contributed by atoms with Gasteiger partial charge < -0.3 is 15.2 Å². The summed E-state index contributed by atoms with van der Waals surface area (Å²) in [7, 11) is 0. The Labute approximate surface area is 135 Å². The number of hydrogen-bond acceptors (Lipinski definition) is 5. The van der Waals surface area contributed by atoms with Crippen LogP contribution in [0.2, 0.25) is 5.02 Å². The number of nitrogens with one attached hydrogen (secondary N) is 1. The summed E-state index contributed by atoms with van der Waals surface area (Å²) in [5.41, 5.74) is 0. The third-order valence-electron chi connectivity index (χ3n) is 3.56. The first-order valence-corrected chi connectivity index (χ1v) is 7.76. The number of carbonyl (C=O) groups is 1. The lowest BCUT2D eigenvalue weighted by Crippen LogP contribution is -2.50. The van der Waals surface area contributed by atoms with Crippen molar-refractivity contribution in [3.05, 3.63) is 29.3 Å². The largest absolute Gasteiger partial charge is 0.484 e. The van der Waals surface area contributed by atoms with E-state index in [0.717, 1.165) is 32.7 Å². The second kappa shape index (κ2) is 8.95. The Bertz CT molecular complexity index is 462. The smallest absolute Gasteiger partial charge is 0.258 e. The number of amides is 1. The van der Waals surface area contributed by atoms with Crippen molar-refractivity contribution in [2.75, 3.05) is 52.6 Å². The molecule has 1 amide bonds. The monoisotopic (exact) mass is 327 g/mol. The quantitative estimate of drug-likeness (QED) is 0.759. The minimum absolute atomic E-state index is 0.00783. The zero-order valence-electron chi connectivity index (χ0n) is 12.5. The summed E-state index contributed by atoms with van der Waals surface area (Å²) < 4.78 is 5.39. The van der Waals surface area contributed by atoms with Gasteiger partial charge in [0.15, 0.2) is 6.61 Å². The number of aliphatic hydroxyl groups is 1. The lowest BCUT2D eigenvalue weighted by Gasteiger charge is -2.34. The molecule has 0 radical (unpaired) electrons. The Morgan fingerprint density at radius 1 is 1.18 bits per heavy atom. The van der Waals surface area contributed by atoms with E-state index in [1.807, 2.05) is 0 Å². The van der Waals surface area contributed by atoms with Crippen LogP contribution >= 0.6 is 11.6 Å². The van der Waals surface area contributed by atoms with Crippen molar-refractivity contribution in [3.8, 4) is 5.75 Å². The van der Waals surface area contributed by atoms with Gasteiger partial charge >= 0.3 is 0 Å². The van der Waals surface area contributed by atoms with Crippen molar-refractivity contribution in [3.63, 3.8) is 0 Å². The van der Waals surface area contributed by atoms with Crippen molar-refractivity contribution in [2.24, 2.45) is 0 Å². The molecule has 0 spiro atoms. The molecule has 0 saturated carbocycles. The second-order valence-corrected chi connectivity index (χ2v) is 5.62. The van der Waals surface area contributed by atoms with Crippen LogP contribution in [0.15, 0.2) is 24.3 Å². The van der Waals surface area contributed by atoms with E-state index < -0.39 is 0 Å². The summed E-state index contributed by atoms with van der Waals surface area (Å²) in [4.78, 5) is 16.1. The predicted octanol–water partition coefficient (Wildman–Crippen LogP) is 0.402. The van der Waals surface area contributed by atoms with Crippen molar-refractivity contribution in [2.45, 2.75) is 0 Å². The molecular formula is C15H22ClN3O3. The maximum absolute atomic E-state index is 11.8. The van der Waals surface area contributed by atoms with Gasteiger partial charge in [-0.05, 0) is 24.3 Å². The first-order chi connectivity index (χ1) is 10.7. The lowest BCUT2D eigenvalue weighted by atomic mass is 10.3. The normalized spacial score (nSPS) is 16.5. The number of nitrogens with zero attached hydrogens (tertiary/aromatic N) is 2. The van der Waals surface area contributed by atoms with Gasteiger partial charge in [0.2, 0.25) is 0 Å². The Morgan fingerprint density at radius 2 is 1.82 bits per heavy atom. The van der Waals surface area contributed by atoms with Gasteiger partial charge in [-0.1, -0.05) is 11.6 Å². The third-order valence-corrected chi connectivity index (χ3v) is 3.82. The molecule has 1 saturated heterocycles. The molecule has 1 fully saturated rings. The fourth-order valence-corrected chi connectivity index (χ4v) is 2.37. The van der Waals surface area contributed by atoms with Crippen molar-refractivity contribution in [1.29, 1.82) is 0 Å². The number of hydrogen-bond donors (Lipinski definition) is 2. The van der Waals surface area contributed by atoms with E-state index in [9.17, 15) is 4.79 Å². The van der Waals surface area contributed by atoms with Crippen LogP contribution in [-0.4, -0.2) is 73.4 Å². The van der Waals surface area contributed by atoms with Crippen LogP contribution in [-0.2, 0) is 4.79 Å². The molecule has 1 aromatic carbocycles. The highest BCUT2D eigenvalue weighted by Crippen LogP contribution is 2.15. The van der Waals surface area contributed by atoms with E-state index in [2.05, 4.69) is 15.1 Å². The highest BCUT2D eigenvalue weighted by atomic mass is 35.5. The van der Waals surface area contributed by atoms with Crippen LogP contribution in [0.1, 0.15) is 0 Å². The molecule has 0 aliphatic carbocycles. The fraction of sp³-hybridized carbons (Fsp3) is 0.533. The fourth-order valence-electron chi connectivity index (χ4n) is 2.24. The Kier molecular flexibility index (Phi) is 6.92. The maximum atomic E-state index is 11.8. The number of benzene rings is 1. The van der Waals surface area contributed by atoms with E-state index in [1.54, 1.807) is 24.3 Å². The van der Waals surface area contributed by atoms with Gasteiger partial charge in [-0.2, -0.15) is 0 Å². The molecule has 122 valence electrons. The zero-order chi connectivity index (χ0) is 15.8. The third kappa shape index (κ3) is 5.81. The maximum Gasteiger partial charge on any atom is 0.258 e. The summed E-state index contributed by atoms with van der Waals surface area (Å²) in [6, 6.07) is 6.91. The summed E-state index contributed by atoms with van der Waals surface area (Å²) in [6.07, 6.45) is 0. The molecule has 1 aliphatic rings. The van der Waals surface area contributed by atoms with Gasteiger partial charge in [0.1, 0.15) is 5.75 Å². The van der Waals surface area contributed by atoms with Gasteiger partial charge in [-0.25, -0.2) is 0 Å². The molecule has 0 atom stereocenters. The predicted molar refractivity (Wildman–Crippen MR) is 85.1 cm³/mol. The summed E-state index contributed by atoms with van der Waals surface area (Å²) >= 11 is 5.78. The van der Waals surface area contributed by atoms with Crippen molar-refractivity contribution >= 4 is 17.5 Å². The molecule has 0 unspecified atom stereocenters. The van der Waals surface area contributed by atoms with Gasteiger partial charge in [-0.15, -0.1) is 0 Å². The molecule has 6 nitrogen and oxygen atoms in total. The standard InChI is InChI=1S/C15H22ClN3O3/c16-13-1-3-14(4-2-13)22-11-15(21)17-12-19-7-5-18(6-8-19)9-10-20/h1-4,20H,5-12H2,(H,17,21). The number of carbonyl (C=O) groups excluding carboxylic acids is 1. The first kappa shape index (κ1) is 17.0. The van der Waals surface area contributed by atoms with Crippen LogP contribution in [0.25, 0.3) is 0 Å². The van der Waals surface area contributed by atoms with Crippen LogP contribution in [0.4, 0.5) is 0 Å². The number of piperazine rings is 1. The van der Waals surface area contributed by atoms with Crippen LogP contribution in [0, 0.1) is 0 Å². The minimum Gasteiger partial charge on any atom is -0.484 e. The van der Waals surface area contributed by atoms with Gasteiger partial charge in [0, 0.05) is 37.7 Å². The number of rotatable bonds is 7. The average molecular weight is 328 g/mol. The molecule has 2 rings (SSSR count). The van der Waals surface area contributed by atoms with E-state index in [-0.39, 0.29) is 19.1 Å². The summed E-state index contributed by atoms with van der Waals surface area (Å²) in [6.45, 7) is 5.03. The Morgan fingerprint density at radius 3 is 2.45 bits per heavy atom. The van der Waals surface area contributed by atoms with Crippen LogP contribution in [0.3, 0.4) is 0 Å². The lowest BCUT2D eigenvalue weighted by molar-refractivity contribution is -0.123. The molecule has 1 heterocycles. The number of aliphatic hydroxyl groups excluding tert-OH is 1. The van der Waals surface area contributed by atoms with Crippen LogP contribution < -0.4 is 10.1 Å². The van der Waals surface area contributed by atoms with Gasteiger partial charge in [0.25, 0.3) is 5.91 Å². The second-order valence-electron chi connectivity index (χ2n) is 5.18. The first-order valence-electron chi connectivity index (χ1n) is 7.38. The zero-order valence-corrected chi connectivity index (χ0v) is 13.3. The molecule has 22 heavy (non-hydrogen) atoms. The minimum atomic E-state index is -0.146. The molecular weight excluding hydrogens is 306 g/mol. The molecule has 7 heteroatoms. The SMILES string of the molecule is O=C(COc1ccc(Cl)cc1)NCN1CCN(CCO)CC1. The number of β-amino-alcohol motifs (C(OH)–C–C–N with tert-alkyl or cyclic N) is 1. The molecule has 1 aliphatic heterocycles. The van der Waals surface area contributed by atoms with E-state index >= 15 is 0 Å². The molecule has 2 N–H and O–H groups in total. The van der Waals surface area contributed by atoms with Gasteiger partial charge in [0.05, 0.1) is 13.3 Å². The molecule has 0 bridgehead atoms. The molecule has 0 aromatic heterocycles. The summed E-state index contributed by atoms with van der Waals surface area (Å²) in [5, 5.41) is 12.4. The van der Waals surface area contributed by atoms with E-state index in [4.69, 9.17) is 21.4 Å². The highest BCUT2D eigenvalue weighted by molar-refractivity contribution is 6.30. The van der Waals surface area contributed by atoms with Crippen molar-refractivity contribution < 1.29 is 14.6 Å².